The van der Waals surface area contributed by atoms with Gasteiger partial charge in [0.2, 0.25) is 0 Å². The molecule has 55 heavy (non-hydrogen) atoms. The van der Waals surface area contributed by atoms with Gasteiger partial charge in [0, 0.05) is 33.2 Å². The summed E-state index contributed by atoms with van der Waals surface area (Å²) in [5, 5.41) is 7.74. The Morgan fingerprint density at radius 3 is 1.29 bits per heavy atom. The summed E-state index contributed by atoms with van der Waals surface area (Å²) in [7, 11) is 0. The van der Waals surface area contributed by atoms with Gasteiger partial charge in [-0.1, -0.05) is 170 Å². The van der Waals surface area contributed by atoms with E-state index in [1.807, 2.05) is 6.07 Å². The normalized spacial score (nSPS) is 11.4. The van der Waals surface area contributed by atoms with E-state index in [4.69, 9.17) is 5.10 Å². The molecule has 0 radical (unpaired) electrons. The van der Waals surface area contributed by atoms with Crippen LogP contribution in [0.1, 0.15) is 5.56 Å². The summed E-state index contributed by atoms with van der Waals surface area (Å²) >= 11 is 0. The van der Waals surface area contributed by atoms with Crippen molar-refractivity contribution in [2.75, 3.05) is 0 Å². The van der Waals surface area contributed by atoms with Gasteiger partial charge in [-0.3, -0.25) is 0 Å². The summed E-state index contributed by atoms with van der Waals surface area (Å²) in [5.41, 5.74) is 17.2. The van der Waals surface area contributed by atoms with E-state index in [1.165, 1.54) is 49.6 Å². The molecule has 0 aliphatic heterocycles. The van der Waals surface area contributed by atoms with Crippen molar-refractivity contribution in [2.24, 2.45) is 0 Å². The van der Waals surface area contributed by atoms with Crippen LogP contribution in [0.3, 0.4) is 0 Å². The van der Waals surface area contributed by atoms with Crippen molar-refractivity contribution in [1.29, 1.82) is 0 Å². The van der Waals surface area contributed by atoms with E-state index in [9.17, 15) is 0 Å². The summed E-state index contributed by atoms with van der Waals surface area (Å²) in [6, 6.07) is 73.7. The van der Waals surface area contributed by atoms with E-state index < -0.39 is 0 Å². The zero-order chi connectivity index (χ0) is 36.7. The van der Waals surface area contributed by atoms with E-state index >= 15 is 0 Å². The first kappa shape index (κ1) is 32.4. The Balaban J connectivity index is 1.02. The Kier molecular flexibility index (Phi) is 8.04. The predicted molar refractivity (Wildman–Crippen MR) is 230 cm³/mol. The summed E-state index contributed by atoms with van der Waals surface area (Å²) in [4.78, 5) is 0. The number of benzene rings is 8. The maximum absolute atomic E-state index is 5.21. The van der Waals surface area contributed by atoms with Crippen molar-refractivity contribution < 1.29 is 0 Å². The molecule has 0 aliphatic rings. The number of nitrogens with zero attached hydrogens (tertiary/aromatic N) is 3. The van der Waals surface area contributed by atoms with E-state index in [0.717, 1.165) is 45.0 Å². The standard InChI is InChI=1S/C52H37N3/c1-36-51(39-16-4-2-5-17-39)53-55(52(36)40-18-6-3-7-19-40)42-34-30-38(31-35-42)44-21-9-11-23-46(44)45-22-10-8-20-43(45)37-28-32-41(33-29-37)54-49-26-14-12-24-47(49)48-25-13-15-27-50(48)54/h2-35H,1H3. The molecule has 0 spiro atoms. The van der Waals surface area contributed by atoms with Gasteiger partial charge in [0.05, 0.1) is 28.1 Å². The maximum atomic E-state index is 5.21. The zero-order valence-corrected chi connectivity index (χ0v) is 30.5. The Bertz CT molecular complexity index is 2900. The third kappa shape index (κ3) is 5.65. The van der Waals surface area contributed by atoms with Crippen molar-refractivity contribution in [2.45, 2.75) is 6.92 Å². The predicted octanol–water partition coefficient (Wildman–Crippen LogP) is 13.6. The number of aromatic nitrogens is 3. The van der Waals surface area contributed by atoms with Gasteiger partial charge in [-0.15, -0.1) is 0 Å². The first-order valence-electron chi connectivity index (χ1n) is 18.8. The monoisotopic (exact) mass is 703 g/mol. The molecule has 2 heterocycles. The summed E-state index contributed by atoms with van der Waals surface area (Å²) in [6.45, 7) is 2.17. The number of hydrogen-bond acceptors (Lipinski definition) is 1. The summed E-state index contributed by atoms with van der Waals surface area (Å²) in [5.74, 6) is 0. The highest BCUT2D eigenvalue weighted by atomic mass is 15.3. The van der Waals surface area contributed by atoms with Gasteiger partial charge < -0.3 is 4.57 Å². The van der Waals surface area contributed by atoms with Gasteiger partial charge in [0.25, 0.3) is 0 Å². The van der Waals surface area contributed by atoms with Gasteiger partial charge in [-0.2, -0.15) is 5.10 Å². The highest BCUT2D eigenvalue weighted by molar-refractivity contribution is 6.09. The molecule has 3 heteroatoms. The number of fused-ring (bicyclic) bond motifs is 3. The molecule has 0 atom stereocenters. The van der Waals surface area contributed by atoms with Crippen LogP contribution < -0.4 is 0 Å². The van der Waals surface area contributed by atoms with Crippen molar-refractivity contribution in [3.63, 3.8) is 0 Å². The minimum Gasteiger partial charge on any atom is -0.309 e. The molecule has 0 saturated heterocycles. The second kappa shape index (κ2) is 13.6. The van der Waals surface area contributed by atoms with Crippen LogP contribution in [-0.4, -0.2) is 14.3 Å². The SMILES string of the molecule is Cc1c(-c2ccccc2)nn(-c2ccc(-c3ccccc3-c3ccccc3-c3ccc(-n4c5ccccc5c5ccccc54)cc3)cc2)c1-c1ccccc1. The molecule has 0 bridgehead atoms. The fraction of sp³-hybridized carbons (Fsp3) is 0.0192. The van der Waals surface area contributed by atoms with E-state index in [0.29, 0.717) is 0 Å². The lowest BCUT2D eigenvalue weighted by atomic mass is 9.89. The van der Waals surface area contributed by atoms with Crippen molar-refractivity contribution in [3.05, 3.63) is 212 Å². The third-order valence-corrected chi connectivity index (χ3v) is 10.8. The quantitative estimate of drug-likeness (QED) is 0.162. The molecule has 0 saturated carbocycles. The first-order valence-corrected chi connectivity index (χ1v) is 18.8. The molecule has 0 unspecified atom stereocenters. The Hall–Kier alpha value is -7.23. The lowest BCUT2D eigenvalue weighted by molar-refractivity contribution is 0.892. The van der Waals surface area contributed by atoms with Gasteiger partial charge in [0.1, 0.15) is 0 Å². The number of hydrogen-bond donors (Lipinski definition) is 0. The molecule has 8 aromatic carbocycles. The lowest BCUT2D eigenvalue weighted by Crippen LogP contribution is -1.99. The fourth-order valence-electron chi connectivity index (χ4n) is 8.20. The molecule has 10 rings (SSSR count). The molecule has 2 aromatic heterocycles. The molecule has 0 N–H and O–H groups in total. The molecule has 10 aromatic rings. The van der Waals surface area contributed by atoms with E-state index in [2.05, 4.69) is 216 Å². The molecule has 0 aliphatic carbocycles. The topological polar surface area (TPSA) is 22.8 Å². The van der Waals surface area contributed by atoms with Crippen LogP contribution in [0.25, 0.3) is 89.1 Å². The molecule has 260 valence electrons. The van der Waals surface area contributed by atoms with Crippen molar-refractivity contribution >= 4 is 21.8 Å². The largest absolute Gasteiger partial charge is 0.309 e. The summed E-state index contributed by atoms with van der Waals surface area (Å²) < 4.78 is 4.47. The first-order chi connectivity index (χ1) is 27.2. The second-order valence-corrected chi connectivity index (χ2v) is 14.0. The second-order valence-electron chi connectivity index (χ2n) is 14.0. The van der Waals surface area contributed by atoms with Gasteiger partial charge >= 0.3 is 0 Å². The fourth-order valence-corrected chi connectivity index (χ4v) is 8.20. The van der Waals surface area contributed by atoms with Gasteiger partial charge in [0.15, 0.2) is 0 Å². The average molecular weight is 704 g/mol. The Morgan fingerprint density at radius 2 is 0.764 bits per heavy atom. The Labute approximate surface area is 321 Å². The lowest BCUT2D eigenvalue weighted by Gasteiger charge is -2.16. The van der Waals surface area contributed by atoms with E-state index in [-0.39, 0.29) is 0 Å². The van der Waals surface area contributed by atoms with Crippen LogP contribution in [0.5, 0.6) is 0 Å². The van der Waals surface area contributed by atoms with Crippen LogP contribution in [0.2, 0.25) is 0 Å². The number of para-hydroxylation sites is 2. The summed E-state index contributed by atoms with van der Waals surface area (Å²) in [6.07, 6.45) is 0. The molecular weight excluding hydrogens is 667 g/mol. The van der Waals surface area contributed by atoms with Crippen LogP contribution in [0, 0.1) is 6.92 Å². The van der Waals surface area contributed by atoms with Crippen LogP contribution in [-0.2, 0) is 0 Å². The molecule has 0 amide bonds. The highest BCUT2D eigenvalue weighted by Crippen LogP contribution is 2.40. The molecular formula is C52H37N3. The minimum absolute atomic E-state index is 0.994. The number of rotatable bonds is 7. The van der Waals surface area contributed by atoms with E-state index in [1.54, 1.807) is 0 Å². The average Bonchev–Trinajstić information content (AvgIpc) is 3.79. The van der Waals surface area contributed by atoms with Crippen molar-refractivity contribution in [3.8, 4) is 67.3 Å². The van der Waals surface area contributed by atoms with Gasteiger partial charge in [-0.25, -0.2) is 4.68 Å². The smallest absolute Gasteiger partial charge is 0.0963 e. The zero-order valence-electron chi connectivity index (χ0n) is 30.5. The molecule has 0 fully saturated rings. The van der Waals surface area contributed by atoms with Crippen LogP contribution in [0.4, 0.5) is 0 Å². The maximum Gasteiger partial charge on any atom is 0.0963 e. The van der Waals surface area contributed by atoms with Crippen LogP contribution in [0.15, 0.2) is 206 Å². The third-order valence-electron chi connectivity index (χ3n) is 10.8. The van der Waals surface area contributed by atoms with Gasteiger partial charge in [-0.05, 0) is 76.7 Å². The van der Waals surface area contributed by atoms with Crippen LogP contribution >= 0.6 is 0 Å². The highest BCUT2D eigenvalue weighted by Gasteiger charge is 2.19. The van der Waals surface area contributed by atoms with Crippen molar-refractivity contribution in [1.82, 2.24) is 14.3 Å². The minimum atomic E-state index is 0.994. The molecule has 3 nitrogen and oxygen atoms in total. The Morgan fingerprint density at radius 1 is 0.345 bits per heavy atom.